The van der Waals surface area contributed by atoms with Crippen molar-refractivity contribution < 1.29 is 9.53 Å². The Hall–Kier alpha value is -1.48. The van der Waals surface area contributed by atoms with Crippen LogP contribution in [0.5, 0.6) is 0 Å². The van der Waals surface area contributed by atoms with Crippen molar-refractivity contribution in [2.24, 2.45) is 5.92 Å². The Labute approximate surface area is 107 Å². The van der Waals surface area contributed by atoms with Gasteiger partial charge in [0.05, 0.1) is 0 Å². The van der Waals surface area contributed by atoms with E-state index in [0.717, 1.165) is 5.57 Å². The molecule has 0 aromatic heterocycles. The van der Waals surface area contributed by atoms with Crippen LogP contribution in [0, 0.1) is 5.92 Å². The molecule has 1 aliphatic rings. The summed E-state index contributed by atoms with van der Waals surface area (Å²) in [5, 5.41) is 1.55. The summed E-state index contributed by atoms with van der Waals surface area (Å²) in [5.74, 6) is 0.375. The van der Waals surface area contributed by atoms with Crippen LogP contribution in [0.1, 0.15) is 13.8 Å². The minimum Gasteiger partial charge on any atom is -0.427 e. The third-order valence-electron chi connectivity index (χ3n) is 2.25. The zero-order valence-electron chi connectivity index (χ0n) is 9.96. The molecule has 0 fully saturated rings. The molecular weight excluding hydrogens is 232 g/mol. The van der Waals surface area contributed by atoms with Gasteiger partial charge in [-0.1, -0.05) is 42.9 Å². The Morgan fingerprint density at radius 1 is 1.41 bits per heavy atom. The maximum atomic E-state index is 11.5. The van der Waals surface area contributed by atoms with Gasteiger partial charge in [0.25, 0.3) is 0 Å². The first-order chi connectivity index (χ1) is 8.13. The lowest BCUT2D eigenvalue weighted by Gasteiger charge is -2.09. The van der Waals surface area contributed by atoms with E-state index in [1.807, 2.05) is 38.2 Å². The van der Waals surface area contributed by atoms with Crippen LogP contribution in [-0.2, 0) is 9.53 Å². The molecular formula is C14H16O2S. The van der Waals surface area contributed by atoms with Crippen LogP contribution in [0.15, 0.2) is 59.3 Å². The molecule has 0 aliphatic heterocycles. The summed E-state index contributed by atoms with van der Waals surface area (Å²) in [5.41, 5.74) is 1.14. The lowest BCUT2D eigenvalue weighted by atomic mass is 10.1. The molecule has 1 unspecified atom stereocenters. The third kappa shape index (κ3) is 4.91. The van der Waals surface area contributed by atoms with Gasteiger partial charge >= 0.3 is 5.97 Å². The Morgan fingerprint density at radius 3 is 2.88 bits per heavy atom. The largest absolute Gasteiger partial charge is 0.427 e. The van der Waals surface area contributed by atoms with Crippen molar-refractivity contribution in [3.8, 4) is 0 Å². The van der Waals surface area contributed by atoms with Gasteiger partial charge in [0.15, 0.2) is 0 Å². The van der Waals surface area contributed by atoms with Crippen LogP contribution in [0.4, 0.5) is 0 Å². The molecule has 2 nitrogen and oxygen atoms in total. The molecule has 0 radical (unpaired) electrons. The maximum Gasteiger partial charge on any atom is 0.335 e. The molecule has 0 aromatic rings. The smallest absolute Gasteiger partial charge is 0.335 e. The topological polar surface area (TPSA) is 26.3 Å². The van der Waals surface area contributed by atoms with Gasteiger partial charge in [0.2, 0.25) is 0 Å². The third-order valence-corrected chi connectivity index (χ3v) is 2.43. The highest BCUT2D eigenvalue weighted by molar-refractivity contribution is 7.83. The molecule has 0 N–H and O–H groups in total. The van der Waals surface area contributed by atoms with E-state index >= 15 is 0 Å². The van der Waals surface area contributed by atoms with Crippen LogP contribution < -0.4 is 0 Å². The summed E-state index contributed by atoms with van der Waals surface area (Å²) >= 11 is 3.88. The number of allylic oxidation sites excluding steroid dienone is 7. The molecule has 0 amide bonds. The van der Waals surface area contributed by atoms with Crippen LogP contribution >= 0.6 is 12.6 Å². The first kappa shape index (κ1) is 13.6. The SMILES string of the molecule is CC1=CC=C(OC(=O)/C=C/C=C\S)C(C)C=C1. The highest BCUT2D eigenvalue weighted by Crippen LogP contribution is 2.18. The van der Waals surface area contributed by atoms with E-state index < -0.39 is 0 Å². The highest BCUT2D eigenvalue weighted by atomic mass is 32.1. The molecule has 17 heavy (non-hydrogen) atoms. The van der Waals surface area contributed by atoms with Gasteiger partial charge in [-0.15, -0.1) is 0 Å². The Morgan fingerprint density at radius 2 is 2.18 bits per heavy atom. The van der Waals surface area contributed by atoms with E-state index in [4.69, 9.17) is 4.74 Å². The van der Waals surface area contributed by atoms with E-state index in [0.29, 0.717) is 5.76 Å². The Kier molecular flexibility index (Phi) is 5.57. The van der Waals surface area contributed by atoms with Gasteiger partial charge in [0.1, 0.15) is 5.76 Å². The van der Waals surface area contributed by atoms with Crippen molar-refractivity contribution in [3.05, 3.63) is 59.3 Å². The van der Waals surface area contributed by atoms with Gasteiger partial charge in [-0.05, 0) is 18.4 Å². The van der Waals surface area contributed by atoms with Crippen LogP contribution in [0.3, 0.4) is 0 Å². The molecule has 0 saturated heterocycles. The monoisotopic (exact) mass is 248 g/mol. The van der Waals surface area contributed by atoms with Crippen molar-refractivity contribution in [3.63, 3.8) is 0 Å². The molecule has 1 aliphatic carbocycles. The summed E-state index contributed by atoms with van der Waals surface area (Å²) in [6.45, 7) is 3.99. The Bertz CT molecular complexity index is 426. The summed E-state index contributed by atoms with van der Waals surface area (Å²) in [7, 11) is 0. The molecule has 1 atom stereocenters. The first-order valence-electron chi connectivity index (χ1n) is 5.39. The van der Waals surface area contributed by atoms with Crippen LogP contribution in [0.2, 0.25) is 0 Å². The van der Waals surface area contributed by atoms with Crippen molar-refractivity contribution in [1.29, 1.82) is 0 Å². The number of thiol groups is 1. The second-order valence-electron chi connectivity index (χ2n) is 3.75. The Balaban J connectivity index is 2.68. The normalized spacial score (nSPS) is 20.3. The quantitative estimate of drug-likeness (QED) is 0.358. The van der Waals surface area contributed by atoms with E-state index in [1.54, 1.807) is 17.6 Å². The van der Waals surface area contributed by atoms with E-state index in [2.05, 4.69) is 12.6 Å². The van der Waals surface area contributed by atoms with Crippen LogP contribution in [0.25, 0.3) is 0 Å². The number of rotatable bonds is 3. The molecule has 90 valence electrons. The van der Waals surface area contributed by atoms with E-state index in [9.17, 15) is 4.79 Å². The predicted molar refractivity (Wildman–Crippen MR) is 73.5 cm³/mol. The zero-order valence-corrected chi connectivity index (χ0v) is 10.9. The molecule has 0 spiro atoms. The summed E-state index contributed by atoms with van der Waals surface area (Å²) < 4.78 is 5.26. The van der Waals surface area contributed by atoms with Gasteiger partial charge < -0.3 is 4.74 Å². The van der Waals surface area contributed by atoms with Crippen molar-refractivity contribution in [2.45, 2.75) is 13.8 Å². The van der Waals surface area contributed by atoms with Crippen molar-refractivity contribution in [1.82, 2.24) is 0 Å². The zero-order chi connectivity index (χ0) is 12.7. The summed E-state index contributed by atoms with van der Waals surface area (Å²) in [6.07, 6.45) is 12.4. The number of carbonyl (C=O) groups is 1. The number of hydrogen-bond donors (Lipinski definition) is 1. The predicted octanol–water partition coefficient (Wildman–Crippen LogP) is 3.57. The number of carbonyl (C=O) groups excluding carboxylic acids is 1. The van der Waals surface area contributed by atoms with Crippen LogP contribution in [-0.4, -0.2) is 5.97 Å². The molecule has 0 aromatic carbocycles. The number of esters is 1. The number of hydrogen-bond acceptors (Lipinski definition) is 3. The molecule has 1 rings (SSSR count). The lowest BCUT2D eigenvalue weighted by Crippen LogP contribution is -2.06. The lowest BCUT2D eigenvalue weighted by molar-refractivity contribution is -0.134. The molecule has 3 heteroatoms. The first-order valence-corrected chi connectivity index (χ1v) is 5.91. The molecule has 0 bridgehead atoms. The van der Waals surface area contributed by atoms with Crippen molar-refractivity contribution in [2.75, 3.05) is 0 Å². The fraction of sp³-hybridized carbons (Fsp3) is 0.214. The molecule has 0 saturated carbocycles. The average molecular weight is 248 g/mol. The van der Waals surface area contributed by atoms with Gasteiger partial charge in [-0.3, -0.25) is 0 Å². The van der Waals surface area contributed by atoms with Gasteiger partial charge in [-0.2, -0.15) is 12.6 Å². The minimum atomic E-state index is -0.379. The standard InChI is InChI=1S/C14H16O2S/c1-11-6-8-12(2)13(9-7-11)16-14(15)5-3-4-10-17/h3-10,12,17H,1-2H3/b5-3+,10-4-. The second kappa shape index (κ2) is 6.97. The summed E-state index contributed by atoms with van der Waals surface area (Å²) in [6, 6.07) is 0. The fourth-order valence-electron chi connectivity index (χ4n) is 1.27. The van der Waals surface area contributed by atoms with Gasteiger partial charge in [-0.25, -0.2) is 4.79 Å². The van der Waals surface area contributed by atoms with Crippen molar-refractivity contribution >= 4 is 18.6 Å². The maximum absolute atomic E-state index is 11.5. The number of ether oxygens (including phenoxy) is 1. The molecule has 0 heterocycles. The summed E-state index contributed by atoms with van der Waals surface area (Å²) in [4.78, 5) is 11.5. The second-order valence-corrected chi connectivity index (χ2v) is 4.05. The van der Waals surface area contributed by atoms with E-state index in [-0.39, 0.29) is 11.9 Å². The minimum absolute atomic E-state index is 0.0986. The van der Waals surface area contributed by atoms with Gasteiger partial charge in [0, 0.05) is 12.0 Å². The fourth-order valence-corrected chi connectivity index (χ4v) is 1.37. The van der Waals surface area contributed by atoms with E-state index in [1.165, 1.54) is 6.08 Å². The average Bonchev–Trinajstić information content (AvgIpc) is 2.45. The highest BCUT2D eigenvalue weighted by Gasteiger charge is 2.11.